The fourth-order valence-corrected chi connectivity index (χ4v) is 2.13. The Bertz CT molecular complexity index is 775. The fraction of sp³-hybridized carbons (Fsp3) is 0.0556. The molecule has 0 saturated carbocycles. The number of urea groups is 1. The van der Waals surface area contributed by atoms with Gasteiger partial charge in [-0.1, -0.05) is 48.5 Å². The normalized spacial score (nSPS) is 10.1. The van der Waals surface area contributed by atoms with E-state index in [1.807, 2.05) is 66.7 Å². The molecule has 0 saturated heterocycles. The minimum absolute atomic E-state index is 0.268. The molecule has 0 radical (unpaired) electrons. The maximum absolute atomic E-state index is 11.9. The number of aromatic nitrogens is 2. The van der Waals surface area contributed by atoms with Crippen molar-refractivity contribution in [1.82, 2.24) is 15.3 Å². The maximum Gasteiger partial charge on any atom is 0.319 e. The summed E-state index contributed by atoms with van der Waals surface area (Å²) in [6.07, 6.45) is 1.51. The van der Waals surface area contributed by atoms with E-state index < -0.39 is 0 Å². The van der Waals surface area contributed by atoms with Crippen LogP contribution in [-0.2, 0) is 6.54 Å². The molecule has 1 aromatic heterocycles. The second kappa shape index (κ2) is 7.17. The van der Waals surface area contributed by atoms with Crippen LogP contribution in [-0.4, -0.2) is 16.0 Å². The molecule has 2 N–H and O–H groups in total. The molecular weight excluding hydrogens is 288 g/mol. The largest absolute Gasteiger partial charge is 0.332 e. The summed E-state index contributed by atoms with van der Waals surface area (Å²) in [5.41, 5.74) is 3.35. The second-order valence-corrected chi connectivity index (χ2v) is 4.93. The minimum Gasteiger partial charge on any atom is -0.332 e. The molecular formula is C18H16N4O. The van der Waals surface area contributed by atoms with Crippen molar-refractivity contribution in [2.45, 2.75) is 6.54 Å². The van der Waals surface area contributed by atoms with Gasteiger partial charge in [-0.15, -0.1) is 0 Å². The number of nitrogens with zero attached hydrogens (tertiary/aromatic N) is 2. The molecule has 5 heteroatoms. The summed E-state index contributed by atoms with van der Waals surface area (Å²) < 4.78 is 0. The van der Waals surface area contributed by atoms with Crippen molar-refractivity contribution in [3.63, 3.8) is 0 Å². The molecule has 0 atom stereocenters. The monoisotopic (exact) mass is 304 g/mol. The highest BCUT2D eigenvalue weighted by Crippen LogP contribution is 2.16. The lowest BCUT2D eigenvalue weighted by Gasteiger charge is -2.08. The first-order chi connectivity index (χ1) is 11.3. The van der Waals surface area contributed by atoms with Crippen molar-refractivity contribution in [1.29, 1.82) is 0 Å². The first-order valence-electron chi connectivity index (χ1n) is 7.27. The van der Waals surface area contributed by atoms with E-state index >= 15 is 0 Å². The summed E-state index contributed by atoms with van der Waals surface area (Å²) in [7, 11) is 0. The third kappa shape index (κ3) is 4.14. The number of carbonyl (C=O) groups is 1. The van der Waals surface area contributed by atoms with Crippen molar-refractivity contribution < 1.29 is 4.79 Å². The highest BCUT2D eigenvalue weighted by molar-refractivity contribution is 5.89. The van der Waals surface area contributed by atoms with Crippen LogP contribution in [0.25, 0.3) is 11.3 Å². The maximum atomic E-state index is 11.9. The summed E-state index contributed by atoms with van der Waals surface area (Å²) in [5.74, 6) is 0. The van der Waals surface area contributed by atoms with E-state index in [4.69, 9.17) is 0 Å². The third-order valence-corrected chi connectivity index (χ3v) is 3.25. The third-order valence-electron chi connectivity index (χ3n) is 3.25. The Morgan fingerprint density at radius 1 is 0.913 bits per heavy atom. The summed E-state index contributed by atoms with van der Waals surface area (Å²) in [5, 5.41) is 5.55. The van der Waals surface area contributed by atoms with Gasteiger partial charge in [-0.25, -0.2) is 14.8 Å². The van der Waals surface area contributed by atoms with Crippen molar-refractivity contribution in [3.05, 3.63) is 78.8 Å². The van der Waals surface area contributed by atoms with Crippen molar-refractivity contribution in [3.8, 4) is 11.3 Å². The van der Waals surface area contributed by atoms with Gasteiger partial charge >= 0.3 is 6.03 Å². The molecule has 0 unspecified atom stereocenters. The van der Waals surface area contributed by atoms with Gasteiger partial charge in [0.2, 0.25) is 0 Å². The summed E-state index contributed by atoms with van der Waals surface area (Å²) in [6, 6.07) is 20.8. The van der Waals surface area contributed by atoms with Crippen LogP contribution in [0.4, 0.5) is 10.5 Å². The Morgan fingerprint density at radius 3 is 2.35 bits per heavy atom. The number of carbonyl (C=O) groups excluding carboxylic acids is 1. The van der Waals surface area contributed by atoms with Crippen LogP contribution in [0.5, 0.6) is 0 Å². The average Bonchev–Trinajstić information content (AvgIpc) is 2.62. The Kier molecular flexibility index (Phi) is 4.59. The lowest BCUT2D eigenvalue weighted by atomic mass is 10.1. The zero-order valence-electron chi connectivity index (χ0n) is 12.4. The van der Waals surface area contributed by atoms with Crippen LogP contribution in [0.2, 0.25) is 0 Å². The molecule has 3 rings (SSSR count). The highest BCUT2D eigenvalue weighted by Gasteiger charge is 2.04. The van der Waals surface area contributed by atoms with Gasteiger partial charge in [0.05, 0.1) is 17.9 Å². The predicted octanol–water partition coefficient (Wildman–Crippen LogP) is 3.47. The molecule has 2 aromatic carbocycles. The van der Waals surface area contributed by atoms with Crippen molar-refractivity contribution in [2.75, 3.05) is 5.32 Å². The Balaban J connectivity index is 1.61. The van der Waals surface area contributed by atoms with E-state index in [0.717, 1.165) is 22.6 Å². The van der Waals surface area contributed by atoms with E-state index in [0.29, 0.717) is 6.54 Å². The Labute approximate surface area is 134 Å². The molecule has 3 aromatic rings. The number of anilines is 1. The molecule has 1 heterocycles. The molecule has 0 aliphatic heterocycles. The van der Waals surface area contributed by atoms with Crippen LogP contribution in [0.3, 0.4) is 0 Å². The molecule has 114 valence electrons. The molecule has 0 fully saturated rings. The zero-order valence-corrected chi connectivity index (χ0v) is 12.4. The number of nitrogens with one attached hydrogen (secondary N) is 2. The van der Waals surface area contributed by atoms with Crippen LogP contribution >= 0.6 is 0 Å². The Hall–Kier alpha value is -3.21. The van der Waals surface area contributed by atoms with E-state index in [2.05, 4.69) is 20.6 Å². The first kappa shape index (κ1) is 14.7. The SMILES string of the molecule is O=C(NCc1cc(-c2ccccc2)ncn1)Nc1ccccc1. The molecule has 0 aliphatic rings. The Morgan fingerprint density at radius 2 is 1.61 bits per heavy atom. The topological polar surface area (TPSA) is 66.9 Å². The quantitative estimate of drug-likeness (QED) is 0.775. The number of hydrogen-bond donors (Lipinski definition) is 2. The zero-order chi connectivity index (χ0) is 15.9. The predicted molar refractivity (Wildman–Crippen MR) is 89.8 cm³/mol. The lowest BCUT2D eigenvalue weighted by Crippen LogP contribution is -2.28. The van der Waals surface area contributed by atoms with Gasteiger partial charge < -0.3 is 10.6 Å². The highest BCUT2D eigenvalue weighted by atomic mass is 16.2. The molecule has 23 heavy (non-hydrogen) atoms. The van der Waals surface area contributed by atoms with Crippen LogP contribution in [0.15, 0.2) is 73.1 Å². The van der Waals surface area contributed by atoms with Gasteiger partial charge in [0.15, 0.2) is 0 Å². The van der Waals surface area contributed by atoms with E-state index in [9.17, 15) is 4.79 Å². The molecule has 0 aliphatic carbocycles. The van der Waals surface area contributed by atoms with Gasteiger partial charge in [0.25, 0.3) is 0 Å². The number of para-hydroxylation sites is 1. The molecule has 0 spiro atoms. The summed E-state index contributed by atoms with van der Waals surface area (Å²) >= 11 is 0. The van der Waals surface area contributed by atoms with Gasteiger partial charge in [0, 0.05) is 11.3 Å². The number of amides is 2. The summed E-state index contributed by atoms with van der Waals surface area (Å²) in [4.78, 5) is 20.3. The van der Waals surface area contributed by atoms with Gasteiger partial charge in [0.1, 0.15) is 6.33 Å². The van der Waals surface area contributed by atoms with Gasteiger partial charge in [-0.2, -0.15) is 0 Å². The minimum atomic E-state index is -0.268. The average molecular weight is 304 g/mol. The molecule has 0 bridgehead atoms. The van der Waals surface area contributed by atoms with Crippen LogP contribution < -0.4 is 10.6 Å². The van der Waals surface area contributed by atoms with Crippen molar-refractivity contribution >= 4 is 11.7 Å². The lowest BCUT2D eigenvalue weighted by molar-refractivity contribution is 0.251. The molecule has 2 amide bonds. The van der Waals surface area contributed by atoms with E-state index in [1.54, 1.807) is 0 Å². The van der Waals surface area contributed by atoms with Crippen LogP contribution in [0.1, 0.15) is 5.69 Å². The van der Waals surface area contributed by atoms with E-state index in [-0.39, 0.29) is 6.03 Å². The smallest absolute Gasteiger partial charge is 0.319 e. The van der Waals surface area contributed by atoms with Crippen molar-refractivity contribution in [2.24, 2.45) is 0 Å². The van der Waals surface area contributed by atoms with E-state index in [1.165, 1.54) is 6.33 Å². The second-order valence-electron chi connectivity index (χ2n) is 4.93. The first-order valence-corrected chi connectivity index (χ1v) is 7.27. The molecule has 5 nitrogen and oxygen atoms in total. The fourth-order valence-electron chi connectivity index (χ4n) is 2.13. The number of benzene rings is 2. The van der Waals surface area contributed by atoms with Gasteiger partial charge in [-0.3, -0.25) is 0 Å². The van der Waals surface area contributed by atoms with Crippen LogP contribution in [0, 0.1) is 0 Å². The summed E-state index contributed by atoms with van der Waals surface area (Å²) in [6.45, 7) is 0.334. The standard InChI is InChI=1S/C18H16N4O/c23-18(22-15-9-5-2-6-10-15)19-12-16-11-17(21-13-20-16)14-7-3-1-4-8-14/h1-11,13H,12H2,(H2,19,22,23). The number of hydrogen-bond acceptors (Lipinski definition) is 3. The van der Waals surface area contributed by atoms with Gasteiger partial charge in [-0.05, 0) is 18.2 Å². The number of rotatable bonds is 4.